The van der Waals surface area contributed by atoms with Crippen LogP contribution in [0, 0.1) is 28.6 Å². The minimum Gasteiger partial charge on any atom is -0.347 e. The van der Waals surface area contributed by atoms with E-state index >= 15 is 0 Å². The summed E-state index contributed by atoms with van der Waals surface area (Å²) in [5.74, 6) is 2.28. The Morgan fingerprint density at radius 2 is 1.78 bits per heavy atom. The topological polar surface area (TPSA) is 18.5 Å². The van der Waals surface area contributed by atoms with E-state index in [2.05, 4.69) is 19.9 Å². The van der Waals surface area contributed by atoms with Gasteiger partial charge in [0, 0.05) is 11.8 Å². The lowest BCUT2D eigenvalue weighted by atomic mass is 9.49. The minimum atomic E-state index is -0.260. The van der Waals surface area contributed by atoms with Crippen molar-refractivity contribution in [2.45, 2.75) is 77.4 Å². The van der Waals surface area contributed by atoms with E-state index in [0.717, 1.165) is 37.4 Å². The molecule has 1 aliphatic heterocycles. The van der Waals surface area contributed by atoms with Crippen molar-refractivity contribution >= 4 is 0 Å². The summed E-state index contributed by atoms with van der Waals surface area (Å²) in [7, 11) is 0. The van der Waals surface area contributed by atoms with Crippen LogP contribution >= 0.6 is 0 Å². The van der Waals surface area contributed by atoms with Crippen LogP contribution in [0.5, 0.6) is 0 Å². The molecule has 0 bridgehead atoms. The van der Waals surface area contributed by atoms with Crippen molar-refractivity contribution in [2.75, 3.05) is 13.2 Å². The molecule has 5 aliphatic rings. The van der Waals surface area contributed by atoms with Crippen LogP contribution in [0.25, 0.3) is 0 Å². The number of ether oxygens (including phenoxy) is 2. The van der Waals surface area contributed by atoms with E-state index in [0.29, 0.717) is 5.41 Å². The summed E-state index contributed by atoms with van der Waals surface area (Å²) < 4.78 is 12.5. The molecule has 1 spiro atoms. The van der Waals surface area contributed by atoms with Crippen LogP contribution < -0.4 is 0 Å². The Morgan fingerprint density at radius 3 is 2.61 bits per heavy atom. The van der Waals surface area contributed by atoms with Crippen LogP contribution in [-0.2, 0) is 9.47 Å². The Balaban J connectivity index is 1.53. The van der Waals surface area contributed by atoms with Crippen LogP contribution in [-0.4, -0.2) is 19.0 Å². The standard InChI is InChI=1S/C21H32O2/c1-19-10-4-3-5-15(19)6-7-16-17(19)8-11-20(2)18(16)9-12-21(20)22-13-14-23-21/h8,15-16,18H,3-7,9-14H2,1-2H3/t15?,16?,18?,19-,20-/m0/s1. The zero-order valence-electron chi connectivity index (χ0n) is 14.9. The molecule has 0 aromatic heterocycles. The summed E-state index contributed by atoms with van der Waals surface area (Å²) in [4.78, 5) is 0. The lowest BCUT2D eigenvalue weighted by molar-refractivity contribution is -0.229. The molecule has 0 aromatic carbocycles. The van der Waals surface area contributed by atoms with Gasteiger partial charge in [-0.15, -0.1) is 0 Å². The fourth-order valence-electron chi connectivity index (χ4n) is 7.45. The van der Waals surface area contributed by atoms with Gasteiger partial charge in [-0.3, -0.25) is 0 Å². The van der Waals surface area contributed by atoms with Gasteiger partial charge < -0.3 is 9.47 Å². The van der Waals surface area contributed by atoms with Gasteiger partial charge in [0.05, 0.1) is 13.2 Å². The molecule has 23 heavy (non-hydrogen) atoms. The molecule has 5 rings (SSSR count). The minimum absolute atomic E-state index is 0.204. The maximum absolute atomic E-state index is 6.23. The smallest absolute Gasteiger partial charge is 0.174 e. The number of hydrogen-bond acceptors (Lipinski definition) is 2. The molecule has 2 nitrogen and oxygen atoms in total. The fourth-order valence-corrected chi connectivity index (χ4v) is 7.45. The maximum Gasteiger partial charge on any atom is 0.174 e. The largest absolute Gasteiger partial charge is 0.347 e. The average molecular weight is 316 g/mol. The van der Waals surface area contributed by atoms with Gasteiger partial charge in [0.25, 0.3) is 0 Å². The Bertz CT molecular complexity index is 532. The van der Waals surface area contributed by atoms with Crippen molar-refractivity contribution < 1.29 is 9.47 Å². The molecule has 0 radical (unpaired) electrons. The average Bonchev–Trinajstić information content (AvgIpc) is 3.14. The summed E-state index contributed by atoms with van der Waals surface area (Å²) >= 11 is 0. The highest BCUT2D eigenvalue weighted by Crippen LogP contribution is 2.67. The number of rotatable bonds is 0. The van der Waals surface area contributed by atoms with Gasteiger partial charge in [-0.2, -0.15) is 0 Å². The predicted molar refractivity (Wildman–Crippen MR) is 91.0 cm³/mol. The van der Waals surface area contributed by atoms with Gasteiger partial charge in [-0.25, -0.2) is 0 Å². The molecule has 1 heterocycles. The van der Waals surface area contributed by atoms with E-state index in [4.69, 9.17) is 9.47 Å². The quantitative estimate of drug-likeness (QED) is 0.580. The summed E-state index contributed by atoms with van der Waals surface area (Å²) in [5.41, 5.74) is 2.57. The number of fused-ring (bicyclic) bond motifs is 6. The molecule has 0 amide bonds. The highest BCUT2D eigenvalue weighted by molar-refractivity contribution is 5.29. The van der Waals surface area contributed by atoms with Crippen molar-refractivity contribution in [2.24, 2.45) is 28.6 Å². The Kier molecular flexibility index (Phi) is 3.15. The van der Waals surface area contributed by atoms with Gasteiger partial charge >= 0.3 is 0 Å². The van der Waals surface area contributed by atoms with E-state index in [-0.39, 0.29) is 11.2 Å². The monoisotopic (exact) mass is 316 g/mol. The summed E-state index contributed by atoms with van der Waals surface area (Å²) in [6.07, 6.45) is 14.9. The second kappa shape index (κ2) is 4.85. The second-order valence-electron chi connectivity index (χ2n) is 9.42. The van der Waals surface area contributed by atoms with Gasteiger partial charge in [-0.1, -0.05) is 38.3 Å². The number of hydrogen-bond donors (Lipinski definition) is 0. The van der Waals surface area contributed by atoms with E-state index in [9.17, 15) is 0 Å². The second-order valence-corrected chi connectivity index (χ2v) is 9.42. The molecule has 3 saturated carbocycles. The lowest BCUT2D eigenvalue weighted by Crippen LogP contribution is -2.52. The van der Waals surface area contributed by atoms with Crippen molar-refractivity contribution in [3.63, 3.8) is 0 Å². The summed E-state index contributed by atoms with van der Waals surface area (Å²) in [6.45, 7) is 6.66. The SMILES string of the molecule is C[C@]12CC=C3C(CCC4CCCC[C@]34C)C1CCC21OCCO1. The molecule has 1 saturated heterocycles. The van der Waals surface area contributed by atoms with Crippen LogP contribution in [0.2, 0.25) is 0 Å². The van der Waals surface area contributed by atoms with Crippen molar-refractivity contribution in [1.82, 2.24) is 0 Å². The zero-order chi connectivity index (χ0) is 15.7. The lowest BCUT2D eigenvalue weighted by Gasteiger charge is -2.56. The van der Waals surface area contributed by atoms with Gasteiger partial charge in [0.2, 0.25) is 0 Å². The number of allylic oxidation sites excluding steroid dienone is 2. The van der Waals surface area contributed by atoms with Crippen LogP contribution in [0.4, 0.5) is 0 Å². The molecule has 2 heteroatoms. The normalized spacial score (nSPS) is 51.0. The molecule has 4 fully saturated rings. The van der Waals surface area contributed by atoms with E-state index in [1.165, 1.54) is 51.4 Å². The Hall–Kier alpha value is -0.340. The molecular weight excluding hydrogens is 284 g/mol. The molecule has 128 valence electrons. The van der Waals surface area contributed by atoms with Gasteiger partial charge in [0.15, 0.2) is 5.79 Å². The third kappa shape index (κ3) is 1.78. The highest BCUT2D eigenvalue weighted by Gasteiger charge is 2.65. The van der Waals surface area contributed by atoms with Crippen molar-refractivity contribution in [1.29, 1.82) is 0 Å². The molecule has 0 aromatic rings. The molecule has 0 N–H and O–H groups in total. The van der Waals surface area contributed by atoms with Crippen LogP contribution in [0.15, 0.2) is 11.6 Å². The molecule has 3 unspecified atom stereocenters. The van der Waals surface area contributed by atoms with Crippen molar-refractivity contribution in [3.05, 3.63) is 11.6 Å². The maximum atomic E-state index is 6.23. The van der Waals surface area contributed by atoms with Gasteiger partial charge in [0.1, 0.15) is 0 Å². The Morgan fingerprint density at radius 1 is 0.957 bits per heavy atom. The first-order chi connectivity index (χ1) is 11.1. The van der Waals surface area contributed by atoms with Crippen LogP contribution in [0.3, 0.4) is 0 Å². The highest BCUT2D eigenvalue weighted by atomic mass is 16.7. The third-order valence-corrected chi connectivity index (χ3v) is 8.74. The molecular formula is C21H32O2. The first-order valence-corrected chi connectivity index (χ1v) is 10.1. The molecule has 5 atom stereocenters. The summed E-state index contributed by atoms with van der Waals surface area (Å²) in [6, 6.07) is 0. The first-order valence-electron chi connectivity index (χ1n) is 10.1. The van der Waals surface area contributed by atoms with E-state index in [1.807, 2.05) is 5.57 Å². The van der Waals surface area contributed by atoms with Gasteiger partial charge in [-0.05, 0) is 61.7 Å². The fraction of sp³-hybridized carbons (Fsp3) is 0.905. The zero-order valence-corrected chi connectivity index (χ0v) is 14.9. The van der Waals surface area contributed by atoms with E-state index in [1.54, 1.807) is 0 Å². The summed E-state index contributed by atoms with van der Waals surface area (Å²) in [5, 5.41) is 0. The van der Waals surface area contributed by atoms with Crippen molar-refractivity contribution in [3.8, 4) is 0 Å². The van der Waals surface area contributed by atoms with E-state index < -0.39 is 0 Å². The Labute approximate surface area is 141 Å². The van der Waals surface area contributed by atoms with Crippen LogP contribution in [0.1, 0.15) is 71.6 Å². The molecule has 4 aliphatic carbocycles. The first kappa shape index (κ1) is 15.0. The predicted octanol–water partition coefficient (Wildman–Crippen LogP) is 5.08. The third-order valence-electron chi connectivity index (χ3n) is 8.74.